The van der Waals surface area contributed by atoms with E-state index < -0.39 is 60.8 Å². The summed E-state index contributed by atoms with van der Waals surface area (Å²) in [6.45, 7) is -0.459. The van der Waals surface area contributed by atoms with E-state index in [0.29, 0.717) is 5.56 Å². The number of carbonyl (C=O) groups excluding carboxylic acids is 3. The fourth-order valence-electron chi connectivity index (χ4n) is 2.43. The Balaban J connectivity index is 2.83. The summed E-state index contributed by atoms with van der Waals surface area (Å²) in [6.07, 6.45) is -0.715. The summed E-state index contributed by atoms with van der Waals surface area (Å²) in [7, 11) is 0. The van der Waals surface area contributed by atoms with Gasteiger partial charge in [0.2, 0.25) is 17.7 Å². The van der Waals surface area contributed by atoms with Crippen LogP contribution in [0.3, 0.4) is 0 Å². The average molecular weight is 440 g/mol. The van der Waals surface area contributed by atoms with Gasteiger partial charge in [-0.05, 0) is 5.56 Å². The molecule has 30 heavy (non-hydrogen) atoms. The van der Waals surface area contributed by atoms with Gasteiger partial charge in [-0.15, -0.1) is 0 Å². The number of hydrogen-bond acceptors (Lipinski definition) is 7. The number of rotatable bonds is 12. The van der Waals surface area contributed by atoms with E-state index in [1.165, 1.54) is 0 Å². The molecule has 0 aliphatic carbocycles. The van der Waals surface area contributed by atoms with E-state index in [9.17, 15) is 29.1 Å². The minimum Gasteiger partial charge on any atom is -0.481 e. The van der Waals surface area contributed by atoms with Crippen LogP contribution < -0.4 is 21.7 Å². The largest absolute Gasteiger partial charge is 0.481 e. The second kappa shape index (κ2) is 12.4. The van der Waals surface area contributed by atoms with Crippen LogP contribution in [0.2, 0.25) is 0 Å². The van der Waals surface area contributed by atoms with E-state index in [0.717, 1.165) is 0 Å². The third-order valence-electron chi connectivity index (χ3n) is 3.93. The van der Waals surface area contributed by atoms with Crippen LogP contribution in [0.1, 0.15) is 12.0 Å². The molecule has 0 heterocycles. The summed E-state index contributed by atoms with van der Waals surface area (Å²) in [5.41, 5.74) is 5.83. The van der Waals surface area contributed by atoms with Crippen LogP contribution in [-0.4, -0.2) is 70.3 Å². The summed E-state index contributed by atoms with van der Waals surface area (Å²) in [6, 6.07) is 4.65. The van der Waals surface area contributed by atoms with E-state index in [2.05, 4.69) is 28.6 Å². The molecular weight excluding hydrogens is 416 g/mol. The molecule has 3 unspecified atom stereocenters. The molecule has 1 rings (SSSR count). The fraction of sp³-hybridized carbons (Fsp3) is 0.389. The van der Waals surface area contributed by atoms with Crippen LogP contribution in [-0.2, 0) is 30.4 Å². The standard InChI is InChI=1S/C18H24N4O7S/c19-8-14(23)20-11(7-15(24)25)16(26)22-13(9-30)17(27)21-12(18(28)29)6-10-4-2-1-3-5-10/h1-5,11-13,30H,6-9,19H2,(H,20,23)(H,21,27)(H,22,26)(H,24,25)(H,28,29). The lowest BCUT2D eigenvalue weighted by molar-refractivity contribution is -0.143. The van der Waals surface area contributed by atoms with Gasteiger partial charge in [0.25, 0.3) is 0 Å². The third kappa shape index (κ3) is 8.49. The van der Waals surface area contributed by atoms with E-state index >= 15 is 0 Å². The van der Waals surface area contributed by atoms with Gasteiger partial charge in [0.1, 0.15) is 18.1 Å². The number of carboxylic acid groups (broad SMARTS) is 2. The van der Waals surface area contributed by atoms with Gasteiger partial charge >= 0.3 is 11.9 Å². The SMILES string of the molecule is NCC(=O)NC(CC(=O)O)C(=O)NC(CS)C(=O)NC(Cc1ccccc1)C(=O)O. The van der Waals surface area contributed by atoms with Crippen molar-refractivity contribution in [2.45, 2.75) is 31.0 Å². The maximum atomic E-state index is 12.5. The first-order valence-corrected chi connectivity index (χ1v) is 9.50. The van der Waals surface area contributed by atoms with Crippen molar-refractivity contribution in [2.24, 2.45) is 5.73 Å². The number of aliphatic carboxylic acids is 2. The van der Waals surface area contributed by atoms with Crippen molar-refractivity contribution in [1.82, 2.24) is 16.0 Å². The Labute approximate surface area is 177 Å². The summed E-state index contributed by atoms with van der Waals surface area (Å²) in [5, 5.41) is 25.1. The highest BCUT2D eigenvalue weighted by molar-refractivity contribution is 7.80. The highest BCUT2D eigenvalue weighted by Crippen LogP contribution is 2.04. The highest BCUT2D eigenvalue weighted by atomic mass is 32.1. The summed E-state index contributed by atoms with van der Waals surface area (Å²) >= 11 is 3.98. The van der Waals surface area contributed by atoms with Gasteiger partial charge < -0.3 is 31.9 Å². The quantitative estimate of drug-likeness (QED) is 0.184. The molecule has 1 aromatic rings. The van der Waals surface area contributed by atoms with Crippen LogP contribution >= 0.6 is 12.6 Å². The van der Waals surface area contributed by atoms with E-state index in [1.807, 2.05) is 0 Å². The molecule has 7 N–H and O–H groups in total. The van der Waals surface area contributed by atoms with Crippen LogP contribution in [0.15, 0.2) is 30.3 Å². The smallest absolute Gasteiger partial charge is 0.326 e. The predicted molar refractivity (Wildman–Crippen MR) is 109 cm³/mol. The van der Waals surface area contributed by atoms with Gasteiger partial charge in [-0.1, -0.05) is 30.3 Å². The zero-order valence-electron chi connectivity index (χ0n) is 15.9. The lowest BCUT2D eigenvalue weighted by atomic mass is 10.1. The Morgan fingerprint density at radius 3 is 1.97 bits per heavy atom. The molecule has 0 spiro atoms. The molecule has 0 aromatic heterocycles. The molecule has 0 radical (unpaired) electrons. The second-order valence-electron chi connectivity index (χ2n) is 6.25. The van der Waals surface area contributed by atoms with E-state index in [-0.39, 0.29) is 12.2 Å². The molecule has 164 valence electrons. The lowest BCUT2D eigenvalue weighted by Crippen LogP contribution is -2.57. The Morgan fingerprint density at radius 2 is 1.47 bits per heavy atom. The molecule has 0 saturated carbocycles. The number of benzene rings is 1. The zero-order valence-corrected chi connectivity index (χ0v) is 16.8. The summed E-state index contributed by atoms with van der Waals surface area (Å²) in [4.78, 5) is 58.7. The first-order valence-electron chi connectivity index (χ1n) is 8.87. The molecule has 3 amide bonds. The maximum Gasteiger partial charge on any atom is 0.326 e. The van der Waals surface area contributed by atoms with Crippen molar-refractivity contribution in [2.75, 3.05) is 12.3 Å². The Morgan fingerprint density at radius 1 is 0.900 bits per heavy atom. The van der Waals surface area contributed by atoms with Gasteiger partial charge in [0.05, 0.1) is 13.0 Å². The number of nitrogens with one attached hydrogen (secondary N) is 3. The van der Waals surface area contributed by atoms with Crippen molar-refractivity contribution in [3.63, 3.8) is 0 Å². The van der Waals surface area contributed by atoms with Crippen molar-refractivity contribution in [1.29, 1.82) is 0 Å². The second-order valence-corrected chi connectivity index (χ2v) is 6.62. The van der Waals surface area contributed by atoms with Crippen LogP contribution in [0, 0.1) is 0 Å². The van der Waals surface area contributed by atoms with E-state index in [1.54, 1.807) is 30.3 Å². The average Bonchev–Trinajstić information content (AvgIpc) is 2.70. The molecule has 3 atom stereocenters. The molecule has 0 bridgehead atoms. The first kappa shape index (κ1) is 24.9. The van der Waals surface area contributed by atoms with Gasteiger partial charge in [-0.2, -0.15) is 12.6 Å². The Kier molecular flexibility index (Phi) is 10.3. The van der Waals surface area contributed by atoms with E-state index in [4.69, 9.17) is 10.8 Å². The van der Waals surface area contributed by atoms with Crippen molar-refractivity contribution >= 4 is 42.3 Å². The van der Waals surface area contributed by atoms with Crippen LogP contribution in [0.25, 0.3) is 0 Å². The molecule has 0 fully saturated rings. The van der Waals surface area contributed by atoms with Gasteiger partial charge in [-0.3, -0.25) is 19.2 Å². The zero-order chi connectivity index (χ0) is 22.7. The first-order chi connectivity index (χ1) is 14.2. The Bertz CT molecular complexity index is 775. The minimum atomic E-state index is -1.46. The molecule has 11 nitrogen and oxygen atoms in total. The number of thiol groups is 1. The number of carboxylic acids is 2. The molecule has 0 aliphatic rings. The topological polar surface area (TPSA) is 188 Å². The highest BCUT2D eigenvalue weighted by Gasteiger charge is 2.29. The normalized spacial score (nSPS) is 13.4. The molecule has 1 aromatic carbocycles. The number of nitrogens with two attached hydrogens (primary N) is 1. The Hall–Kier alpha value is -3.12. The number of carbonyl (C=O) groups is 5. The number of amides is 3. The third-order valence-corrected chi connectivity index (χ3v) is 4.29. The minimum absolute atomic E-state index is 0.0172. The van der Waals surface area contributed by atoms with Gasteiger partial charge in [0, 0.05) is 12.2 Å². The lowest BCUT2D eigenvalue weighted by Gasteiger charge is -2.23. The monoisotopic (exact) mass is 440 g/mol. The van der Waals surface area contributed by atoms with Gasteiger partial charge in [0.15, 0.2) is 0 Å². The maximum absolute atomic E-state index is 12.5. The van der Waals surface area contributed by atoms with Gasteiger partial charge in [-0.25, -0.2) is 4.79 Å². The van der Waals surface area contributed by atoms with Crippen LogP contribution in [0.4, 0.5) is 0 Å². The number of hydrogen-bond donors (Lipinski definition) is 7. The molecule has 0 aliphatic heterocycles. The summed E-state index contributed by atoms with van der Waals surface area (Å²) in [5.74, 6) is -5.33. The van der Waals surface area contributed by atoms with Crippen molar-refractivity contribution in [3.05, 3.63) is 35.9 Å². The summed E-state index contributed by atoms with van der Waals surface area (Å²) < 4.78 is 0. The molecule has 0 saturated heterocycles. The molecular formula is C18H24N4O7S. The fourth-order valence-corrected chi connectivity index (χ4v) is 2.68. The van der Waals surface area contributed by atoms with Crippen molar-refractivity contribution in [3.8, 4) is 0 Å². The van der Waals surface area contributed by atoms with Crippen LogP contribution in [0.5, 0.6) is 0 Å². The van der Waals surface area contributed by atoms with Crippen molar-refractivity contribution < 1.29 is 34.2 Å². The predicted octanol–water partition coefficient (Wildman–Crippen LogP) is -1.87. The molecule has 12 heteroatoms.